The van der Waals surface area contributed by atoms with Crippen molar-refractivity contribution in [2.45, 2.75) is 13.0 Å². The van der Waals surface area contributed by atoms with Gasteiger partial charge in [0.1, 0.15) is 5.82 Å². The molecule has 0 aliphatic rings. The van der Waals surface area contributed by atoms with Crippen molar-refractivity contribution in [3.63, 3.8) is 0 Å². The van der Waals surface area contributed by atoms with Crippen molar-refractivity contribution < 1.29 is 4.39 Å². The van der Waals surface area contributed by atoms with Gasteiger partial charge in [-0.25, -0.2) is 4.39 Å². The summed E-state index contributed by atoms with van der Waals surface area (Å²) in [4.78, 5) is 0. The summed E-state index contributed by atoms with van der Waals surface area (Å²) in [5.74, 6) is -0.462. The van der Waals surface area contributed by atoms with E-state index < -0.39 is 5.82 Å². The number of hydrogen-bond donors (Lipinski definition) is 2. The summed E-state index contributed by atoms with van der Waals surface area (Å²) in [6.07, 6.45) is 0. The number of hydrogen-bond acceptors (Lipinski definition) is 1. The van der Waals surface area contributed by atoms with Gasteiger partial charge < -0.3 is 10.6 Å². The average molecular weight is 343 g/mol. The van der Waals surface area contributed by atoms with E-state index in [9.17, 15) is 4.39 Å². The maximum absolute atomic E-state index is 13.1. The standard InChI is InChI=1S/C15H13Cl2FN2S/c1-9(10-2-4-11(16)5-3-10)19-15(21)20-12-6-7-14(18)13(17)8-12/h2-9H,1H3,(H2,19,20,21)/t9-/m1/s1. The van der Waals surface area contributed by atoms with Crippen LogP contribution >= 0.6 is 35.4 Å². The van der Waals surface area contributed by atoms with Gasteiger partial charge in [0, 0.05) is 10.7 Å². The Kier molecular flexibility index (Phi) is 5.39. The van der Waals surface area contributed by atoms with Crippen LogP contribution in [0.4, 0.5) is 10.1 Å². The molecule has 2 N–H and O–H groups in total. The third kappa shape index (κ3) is 4.56. The maximum Gasteiger partial charge on any atom is 0.171 e. The van der Waals surface area contributed by atoms with Crippen molar-refractivity contribution in [1.82, 2.24) is 5.32 Å². The molecule has 0 bridgehead atoms. The maximum atomic E-state index is 13.1. The first-order chi connectivity index (χ1) is 9.95. The third-order valence-electron chi connectivity index (χ3n) is 2.90. The zero-order valence-corrected chi connectivity index (χ0v) is 13.5. The Balaban J connectivity index is 1.97. The molecule has 0 amide bonds. The van der Waals surface area contributed by atoms with Crippen molar-refractivity contribution in [3.8, 4) is 0 Å². The summed E-state index contributed by atoms with van der Waals surface area (Å²) in [6, 6.07) is 11.9. The van der Waals surface area contributed by atoms with Crippen molar-refractivity contribution in [3.05, 3.63) is 63.9 Å². The summed E-state index contributed by atoms with van der Waals surface area (Å²) in [5.41, 5.74) is 1.68. The molecule has 2 aromatic rings. The van der Waals surface area contributed by atoms with Crippen molar-refractivity contribution >= 4 is 46.2 Å². The minimum Gasteiger partial charge on any atom is -0.356 e. The summed E-state index contributed by atoms with van der Waals surface area (Å²) in [7, 11) is 0. The predicted molar refractivity (Wildman–Crippen MR) is 90.6 cm³/mol. The first kappa shape index (κ1) is 16.0. The number of rotatable bonds is 3. The molecule has 2 aromatic carbocycles. The number of halogens is 3. The SMILES string of the molecule is C[C@@H](NC(=S)Nc1ccc(F)c(Cl)c1)c1ccc(Cl)cc1. The summed E-state index contributed by atoms with van der Waals surface area (Å²) < 4.78 is 13.1. The largest absolute Gasteiger partial charge is 0.356 e. The lowest BCUT2D eigenvalue weighted by Crippen LogP contribution is -2.30. The molecule has 0 aromatic heterocycles. The summed E-state index contributed by atoms with van der Waals surface area (Å²) in [5, 5.41) is 7.27. The second-order valence-corrected chi connectivity index (χ2v) is 5.75. The Bertz CT molecular complexity index is 647. The van der Waals surface area contributed by atoms with Crippen LogP contribution < -0.4 is 10.6 Å². The molecular weight excluding hydrogens is 330 g/mol. The molecule has 0 unspecified atom stereocenters. The van der Waals surface area contributed by atoms with Gasteiger partial charge in [-0.1, -0.05) is 35.3 Å². The van der Waals surface area contributed by atoms with E-state index in [4.69, 9.17) is 35.4 Å². The third-order valence-corrected chi connectivity index (χ3v) is 3.66. The van der Waals surface area contributed by atoms with E-state index in [2.05, 4.69) is 10.6 Å². The Hall–Kier alpha value is -1.36. The second-order valence-electron chi connectivity index (χ2n) is 4.50. The van der Waals surface area contributed by atoms with Gasteiger partial charge >= 0.3 is 0 Å². The number of nitrogens with one attached hydrogen (secondary N) is 2. The van der Waals surface area contributed by atoms with Crippen molar-refractivity contribution in [2.24, 2.45) is 0 Å². The van der Waals surface area contributed by atoms with Crippen LogP contribution in [0.2, 0.25) is 10.0 Å². The highest BCUT2D eigenvalue weighted by atomic mass is 35.5. The van der Waals surface area contributed by atoms with Gasteiger partial charge in [-0.05, 0) is 55.0 Å². The highest BCUT2D eigenvalue weighted by Gasteiger charge is 2.08. The Morgan fingerprint density at radius 1 is 1.14 bits per heavy atom. The number of anilines is 1. The lowest BCUT2D eigenvalue weighted by molar-refractivity contribution is 0.628. The Labute approximate surface area is 138 Å². The second kappa shape index (κ2) is 7.07. The zero-order chi connectivity index (χ0) is 15.4. The molecule has 6 heteroatoms. The summed E-state index contributed by atoms with van der Waals surface area (Å²) >= 11 is 16.8. The molecule has 0 heterocycles. The molecule has 2 nitrogen and oxygen atoms in total. The molecule has 110 valence electrons. The first-order valence-corrected chi connectivity index (χ1v) is 7.40. The van der Waals surface area contributed by atoms with Gasteiger partial charge in [-0.2, -0.15) is 0 Å². The molecule has 0 fully saturated rings. The van der Waals surface area contributed by atoms with Crippen molar-refractivity contribution in [2.75, 3.05) is 5.32 Å². The van der Waals surface area contributed by atoms with Gasteiger partial charge in [-0.15, -0.1) is 0 Å². The molecule has 2 rings (SSSR count). The highest BCUT2D eigenvalue weighted by molar-refractivity contribution is 7.80. The molecule has 0 aliphatic carbocycles. The minimum atomic E-state index is -0.462. The molecule has 21 heavy (non-hydrogen) atoms. The first-order valence-electron chi connectivity index (χ1n) is 6.24. The van der Waals surface area contributed by atoms with Crippen LogP contribution in [0.1, 0.15) is 18.5 Å². The van der Waals surface area contributed by atoms with Crippen LogP contribution in [0.3, 0.4) is 0 Å². The molecule has 0 saturated heterocycles. The average Bonchev–Trinajstić information content (AvgIpc) is 2.43. The van der Waals surface area contributed by atoms with E-state index in [-0.39, 0.29) is 11.1 Å². The van der Waals surface area contributed by atoms with Gasteiger partial charge in [0.25, 0.3) is 0 Å². The Morgan fingerprint density at radius 2 is 1.81 bits per heavy atom. The van der Waals surface area contributed by atoms with Gasteiger partial charge in [0.05, 0.1) is 11.1 Å². The van der Waals surface area contributed by atoms with E-state index in [0.29, 0.717) is 15.8 Å². The minimum absolute atomic E-state index is 0.0122. The van der Waals surface area contributed by atoms with Gasteiger partial charge in [0.15, 0.2) is 5.11 Å². The molecule has 0 saturated carbocycles. The molecule has 0 spiro atoms. The number of thiocarbonyl (C=S) groups is 1. The van der Waals surface area contributed by atoms with Crippen LogP contribution in [0.15, 0.2) is 42.5 Å². The fourth-order valence-electron chi connectivity index (χ4n) is 1.77. The van der Waals surface area contributed by atoms with Crippen LogP contribution in [-0.4, -0.2) is 5.11 Å². The van der Waals surface area contributed by atoms with Crippen LogP contribution in [0.25, 0.3) is 0 Å². The fraction of sp³-hybridized carbons (Fsp3) is 0.133. The molecular formula is C15H13Cl2FN2S. The topological polar surface area (TPSA) is 24.1 Å². The summed E-state index contributed by atoms with van der Waals surface area (Å²) in [6.45, 7) is 1.98. The van der Waals surface area contributed by atoms with E-state index >= 15 is 0 Å². The Morgan fingerprint density at radius 3 is 2.43 bits per heavy atom. The van der Waals surface area contributed by atoms with Gasteiger partial charge in [0.2, 0.25) is 0 Å². The van der Waals surface area contributed by atoms with Crippen LogP contribution in [-0.2, 0) is 0 Å². The normalized spacial score (nSPS) is 11.8. The lowest BCUT2D eigenvalue weighted by Gasteiger charge is -2.17. The van der Waals surface area contributed by atoms with E-state index in [0.717, 1.165) is 5.56 Å². The van der Waals surface area contributed by atoms with Crippen LogP contribution in [0, 0.1) is 5.82 Å². The van der Waals surface area contributed by atoms with Gasteiger partial charge in [-0.3, -0.25) is 0 Å². The van der Waals surface area contributed by atoms with Crippen molar-refractivity contribution in [1.29, 1.82) is 0 Å². The smallest absolute Gasteiger partial charge is 0.171 e. The van der Waals surface area contributed by atoms with E-state index in [1.165, 1.54) is 12.1 Å². The highest BCUT2D eigenvalue weighted by Crippen LogP contribution is 2.20. The zero-order valence-electron chi connectivity index (χ0n) is 11.2. The quantitative estimate of drug-likeness (QED) is 0.751. The van der Waals surface area contributed by atoms with Crippen LogP contribution in [0.5, 0.6) is 0 Å². The monoisotopic (exact) mass is 342 g/mol. The molecule has 0 aliphatic heterocycles. The fourth-order valence-corrected chi connectivity index (χ4v) is 2.37. The van der Waals surface area contributed by atoms with E-state index in [1.807, 2.05) is 31.2 Å². The number of benzene rings is 2. The molecule has 1 atom stereocenters. The predicted octanol–water partition coefficient (Wildman–Crippen LogP) is 5.18. The van der Waals surface area contributed by atoms with E-state index in [1.54, 1.807) is 6.07 Å². The molecule has 0 radical (unpaired) electrons. The lowest BCUT2D eigenvalue weighted by atomic mass is 10.1.